The fourth-order valence-electron chi connectivity index (χ4n) is 5.56. The first-order valence-corrected chi connectivity index (χ1v) is 14.8. The Morgan fingerprint density at radius 3 is 2.48 bits per heavy atom. The average Bonchev–Trinajstić information content (AvgIpc) is 3.09. The van der Waals surface area contributed by atoms with Gasteiger partial charge in [0, 0.05) is 37.4 Å². The molecule has 1 fully saturated rings. The summed E-state index contributed by atoms with van der Waals surface area (Å²) >= 11 is 0. The molecule has 0 radical (unpaired) electrons. The number of nitrogens with zero attached hydrogens (tertiary/aromatic N) is 5. The molecule has 4 rings (SSSR count). The number of nitrogens with one attached hydrogen (secondary N) is 1. The van der Waals surface area contributed by atoms with Crippen molar-refractivity contribution < 1.29 is 13.2 Å². The number of carbonyl (C=O) groups excluding carboxylic acids is 1. The minimum atomic E-state index is -4.26. The van der Waals surface area contributed by atoms with Crippen molar-refractivity contribution in [2.45, 2.75) is 58.5 Å². The SMILES string of the molecule is CC(C)CN(C)c1cc(-c2ccc(C(=O)NS(=O)(=O)c3cccc(N)n3)c(N3CC(C)(C)CC3(C)C)n2)ccn1. The van der Waals surface area contributed by atoms with E-state index in [4.69, 9.17) is 10.7 Å². The quantitative estimate of drug-likeness (QED) is 0.409. The highest BCUT2D eigenvalue weighted by molar-refractivity contribution is 7.90. The maximum absolute atomic E-state index is 13.5. The summed E-state index contributed by atoms with van der Waals surface area (Å²) in [5.41, 5.74) is 6.99. The summed E-state index contributed by atoms with van der Waals surface area (Å²) < 4.78 is 28.2. The summed E-state index contributed by atoms with van der Waals surface area (Å²) in [5, 5.41) is -0.329. The topological polar surface area (TPSA) is 134 Å². The van der Waals surface area contributed by atoms with Crippen LogP contribution in [0.5, 0.6) is 0 Å². The van der Waals surface area contributed by atoms with Crippen LogP contribution < -0.4 is 20.3 Å². The number of hydrogen-bond donors (Lipinski definition) is 2. The van der Waals surface area contributed by atoms with E-state index in [9.17, 15) is 13.2 Å². The highest BCUT2D eigenvalue weighted by Crippen LogP contribution is 2.44. The molecule has 0 aromatic carbocycles. The number of pyridine rings is 3. The van der Waals surface area contributed by atoms with Crippen LogP contribution in [0.15, 0.2) is 53.7 Å². The second kappa shape index (κ2) is 10.7. The zero-order valence-corrected chi connectivity index (χ0v) is 25.1. The molecule has 10 nitrogen and oxygen atoms in total. The Morgan fingerprint density at radius 1 is 1.12 bits per heavy atom. The van der Waals surface area contributed by atoms with Crippen LogP contribution in [0.2, 0.25) is 0 Å². The van der Waals surface area contributed by atoms with E-state index in [1.54, 1.807) is 18.3 Å². The molecule has 4 heterocycles. The van der Waals surface area contributed by atoms with E-state index in [0.717, 1.165) is 24.3 Å². The Kier molecular flexibility index (Phi) is 7.81. The highest BCUT2D eigenvalue weighted by atomic mass is 32.2. The third kappa shape index (κ3) is 6.35. The molecular weight excluding hydrogens is 526 g/mol. The van der Waals surface area contributed by atoms with E-state index in [0.29, 0.717) is 24.0 Å². The van der Waals surface area contributed by atoms with Gasteiger partial charge in [-0.1, -0.05) is 33.8 Å². The van der Waals surface area contributed by atoms with Gasteiger partial charge in [-0.05, 0) is 68.0 Å². The number of rotatable bonds is 8. The van der Waals surface area contributed by atoms with Gasteiger partial charge in [0.2, 0.25) is 0 Å². The molecule has 3 aromatic heterocycles. The second-order valence-electron chi connectivity index (χ2n) is 12.3. The molecule has 0 bridgehead atoms. The molecule has 0 saturated carbocycles. The van der Waals surface area contributed by atoms with Crippen molar-refractivity contribution in [2.75, 3.05) is 35.7 Å². The number of nitrogens with two attached hydrogens (primary N) is 1. The summed E-state index contributed by atoms with van der Waals surface area (Å²) in [4.78, 5) is 31.1. The first-order chi connectivity index (χ1) is 18.6. The number of sulfonamides is 1. The van der Waals surface area contributed by atoms with E-state index < -0.39 is 15.9 Å². The molecule has 0 aliphatic carbocycles. The van der Waals surface area contributed by atoms with Gasteiger partial charge in [-0.2, -0.15) is 8.42 Å². The number of nitrogen functional groups attached to an aromatic ring is 1. The van der Waals surface area contributed by atoms with Gasteiger partial charge in [-0.15, -0.1) is 0 Å². The normalized spacial score (nSPS) is 16.2. The fourth-order valence-corrected chi connectivity index (χ4v) is 6.50. The summed E-state index contributed by atoms with van der Waals surface area (Å²) in [6.45, 7) is 14.4. The molecule has 11 heteroatoms. The smallest absolute Gasteiger partial charge is 0.281 e. The fraction of sp³-hybridized carbons (Fsp3) is 0.448. The monoisotopic (exact) mass is 565 g/mol. The van der Waals surface area contributed by atoms with Crippen molar-refractivity contribution in [3.05, 3.63) is 54.2 Å². The number of aromatic nitrogens is 3. The largest absolute Gasteiger partial charge is 0.384 e. The maximum atomic E-state index is 13.5. The Labute approximate surface area is 237 Å². The van der Waals surface area contributed by atoms with Crippen LogP contribution in [-0.2, 0) is 10.0 Å². The molecule has 0 spiro atoms. The van der Waals surface area contributed by atoms with Crippen molar-refractivity contribution in [3.63, 3.8) is 0 Å². The lowest BCUT2D eigenvalue weighted by molar-refractivity contribution is 0.0981. The summed E-state index contributed by atoms with van der Waals surface area (Å²) in [6.07, 6.45) is 2.62. The van der Waals surface area contributed by atoms with Crippen molar-refractivity contribution >= 4 is 33.4 Å². The number of amides is 1. The molecule has 214 valence electrons. The predicted octanol–water partition coefficient (Wildman–Crippen LogP) is 4.35. The van der Waals surface area contributed by atoms with Gasteiger partial charge in [0.25, 0.3) is 15.9 Å². The average molecular weight is 566 g/mol. The van der Waals surface area contributed by atoms with Gasteiger partial charge in [0.1, 0.15) is 17.5 Å². The lowest BCUT2D eigenvalue weighted by Gasteiger charge is -2.34. The molecule has 1 amide bonds. The van der Waals surface area contributed by atoms with E-state index in [2.05, 4.69) is 66.0 Å². The minimum Gasteiger partial charge on any atom is -0.384 e. The van der Waals surface area contributed by atoms with Crippen LogP contribution in [0.3, 0.4) is 0 Å². The molecule has 0 unspecified atom stereocenters. The summed E-state index contributed by atoms with van der Waals surface area (Å²) in [6, 6.07) is 11.5. The van der Waals surface area contributed by atoms with E-state index in [1.165, 1.54) is 18.2 Å². The Morgan fingerprint density at radius 2 is 1.85 bits per heavy atom. The molecule has 0 atom stereocenters. The van der Waals surface area contributed by atoms with Gasteiger partial charge < -0.3 is 15.5 Å². The van der Waals surface area contributed by atoms with E-state index >= 15 is 0 Å². The van der Waals surface area contributed by atoms with Gasteiger partial charge in [0.05, 0.1) is 11.3 Å². The van der Waals surface area contributed by atoms with Crippen molar-refractivity contribution in [1.29, 1.82) is 0 Å². The zero-order chi connectivity index (χ0) is 29.5. The summed E-state index contributed by atoms with van der Waals surface area (Å²) in [5.74, 6) is 0.970. The zero-order valence-electron chi connectivity index (χ0n) is 24.3. The lowest BCUT2D eigenvalue weighted by atomic mass is 9.86. The number of anilines is 3. The molecule has 1 saturated heterocycles. The Balaban J connectivity index is 1.78. The minimum absolute atomic E-state index is 0.0319. The van der Waals surface area contributed by atoms with Crippen LogP contribution in [-0.4, -0.2) is 55.0 Å². The van der Waals surface area contributed by atoms with E-state index in [1.807, 2.05) is 19.2 Å². The predicted molar refractivity (Wildman–Crippen MR) is 159 cm³/mol. The van der Waals surface area contributed by atoms with Crippen molar-refractivity contribution in [3.8, 4) is 11.3 Å². The number of carbonyl (C=O) groups is 1. The number of hydrogen-bond acceptors (Lipinski definition) is 9. The van der Waals surface area contributed by atoms with E-state index in [-0.39, 0.29) is 27.4 Å². The second-order valence-corrected chi connectivity index (χ2v) is 13.9. The molecule has 1 aliphatic rings. The van der Waals surface area contributed by atoms with Gasteiger partial charge in [-0.3, -0.25) is 4.79 Å². The lowest BCUT2D eigenvalue weighted by Crippen LogP contribution is -2.41. The van der Waals surface area contributed by atoms with Crippen LogP contribution in [0.25, 0.3) is 11.3 Å². The van der Waals surface area contributed by atoms with Gasteiger partial charge >= 0.3 is 0 Å². The third-order valence-electron chi connectivity index (χ3n) is 6.92. The summed E-state index contributed by atoms with van der Waals surface area (Å²) in [7, 11) is -2.26. The Hall–Kier alpha value is -3.73. The first kappa shape index (κ1) is 29.3. The molecule has 3 aromatic rings. The van der Waals surface area contributed by atoms with Crippen LogP contribution in [0, 0.1) is 11.3 Å². The van der Waals surface area contributed by atoms with Crippen LogP contribution in [0.1, 0.15) is 58.3 Å². The van der Waals surface area contributed by atoms with Crippen molar-refractivity contribution in [1.82, 2.24) is 19.7 Å². The molecular formula is C29H39N7O3S. The first-order valence-electron chi connectivity index (χ1n) is 13.3. The Bertz CT molecular complexity index is 1520. The maximum Gasteiger partial charge on any atom is 0.281 e. The van der Waals surface area contributed by atoms with Gasteiger partial charge in [-0.25, -0.2) is 19.7 Å². The molecule has 40 heavy (non-hydrogen) atoms. The van der Waals surface area contributed by atoms with Crippen LogP contribution in [0.4, 0.5) is 17.5 Å². The highest BCUT2D eigenvalue weighted by Gasteiger charge is 2.45. The van der Waals surface area contributed by atoms with Gasteiger partial charge in [0.15, 0.2) is 5.03 Å². The molecule has 1 aliphatic heterocycles. The van der Waals surface area contributed by atoms with Crippen LogP contribution >= 0.6 is 0 Å². The third-order valence-corrected chi connectivity index (χ3v) is 8.15. The van der Waals surface area contributed by atoms with Crippen molar-refractivity contribution in [2.24, 2.45) is 11.3 Å². The standard InChI is InChI=1S/C29H39N7O3S/c1-19(2)16-35(7)24-15-20(13-14-31-24)22-12-11-21(26(32-22)36-18-28(3,4)17-29(36,5)6)27(37)34-40(38,39)25-10-8-9-23(30)33-25/h8-15,19H,16-18H2,1-7H3,(H2,30,33)(H,34,37). The molecule has 3 N–H and O–H groups in total.